The van der Waals surface area contributed by atoms with Gasteiger partial charge in [0.25, 0.3) is 0 Å². The van der Waals surface area contributed by atoms with Gasteiger partial charge in [0.05, 0.1) is 31.5 Å². The summed E-state index contributed by atoms with van der Waals surface area (Å²) >= 11 is 1.05. The molecule has 0 fully saturated rings. The summed E-state index contributed by atoms with van der Waals surface area (Å²) in [4.78, 5) is 26.2. The van der Waals surface area contributed by atoms with Crippen molar-refractivity contribution in [2.75, 3.05) is 14.2 Å². The molecule has 33 heavy (non-hydrogen) atoms. The van der Waals surface area contributed by atoms with Gasteiger partial charge in [0.15, 0.2) is 17.3 Å². The largest absolute Gasteiger partial charge is 0.493 e. The maximum Gasteiger partial charge on any atom is 0.336 e. The van der Waals surface area contributed by atoms with Crippen LogP contribution < -0.4 is 9.47 Å². The van der Waals surface area contributed by atoms with E-state index in [9.17, 15) is 14.7 Å². The molecule has 0 radical (unpaired) electrons. The predicted octanol–water partition coefficient (Wildman–Crippen LogP) is 4.67. The zero-order valence-electron chi connectivity index (χ0n) is 17.9. The second-order valence-electron chi connectivity index (χ2n) is 7.19. The highest BCUT2D eigenvalue weighted by Crippen LogP contribution is 2.31. The lowest BCUT2D eigenvalue weighted by Crippen LogP contribution is -2.14. The van der Waals surface area contributed by atoms with Crippen LogP contribution in [0.3, 0.4) is 0 Å². The summed E-state index contributed by atoms with van der Waals surface area (Å²) in [5.41, 5.74) is 2.84. The number of methoxy groups -OCH3 is 2. The van der Waals surface area contributed by atoms with Crippen LogP contribution in [0.5, 0.6) is 11.5 Å². The zero-order valence-corrected chi connectivity index (χ0v) is 18.8. The average Bonchev–Trinajstić information content (AvgIpc) is 3.31. The molecule has 1 N–H and O–H groups in total. The van der Waals surface area contributed by atoms with Crippen molar-refractivity contribution in [2.45, 2.75) is 6.42 Å². The molecule has 1 aromatic heterocycles. The Kier molecular flexibility index (Phi) is 6.46. The molecule has 0 saturated heterocycles. The molecule has 0 aliphatic carbocycles. The van der Waals surface area contributed by atoms with Gasteiger partial charge in [-0.3, -0.25) is 4.79 Å². The van der Waals surface area contributed by atoms with Gasteiger partial charge in [-0.25, -0.2) is 4.79 Å². The van der Waals surface area contributed by atoms with Crippen LogP contribution in [0.15, 0.2) is 72.3 Å². The summed E-state index contributed by atoms with van der Waals surface area (Å²) in [5.74, 6) is -0.747. The van der Waals surface area contributed by atoms with Crippen LogP contribution in [0.4, 0.5) is 0 Å². The number of carboxylic acids is 1. The summed E-state index contributed by atoms with van der Waals surface area (Å²) in [7, 11) is 2.98. The van der Waals surface area contributed by atoms with Gasteiger partial charge in [-0.05, 0) is 41.5 Å². The molecule has 4 rings (SSSR count). The molecule has 166 valence electrons. The number of ether oxygens (including phenoxy) is 2. The first kappa shape index (κ1) is 22.2. The molecule has 0 aliphatic heterocycles. The number of aliphatic carboxylic acids is 1. The predicted molar refractivity (Wildman–Crippen MR) is 126 cm³/mol. The van der Waals surface area contributed by atoms with E-state index in [1.54, 1.807) is 36.4 Å². The monoisotopic (exact) mass is 460 g/mol. The average molecular weight is 461 g/mol. The lowest BCUT2D eigenvalue weighted by Gasteiger charge is -2.14. The lowest BCUT2D eigenvalue weighted by atomic mass is 9.89. The zero-order chi connectivity index (χ0) is 23.4. The number of hydrogen-bond donors (Lipinski definition) is 1. The summed E-state index contributed by atoms with van der Waals surface area (Å²) in [6.07, 6.45) is 0.142. The minimum atomic E-state index is -1.20. The number of aromatic nitrogens is 2. The van der Waals surface area contributed by atoms with Crippen LogP contribution >= 0.6 is 11.7 Å². The van der Waals surface area contributed by atoms with Gasteiger partial charge in [0.2, 0.25) is 0 Å². The third-order valence-electron chi connectivity index (χ3n) is 5.20. The van der Waals surface area contributed by atoms with E-state index in [4.69, 9.17) is 9.47 Å². The molecule has 1 heterocycles. The van der Waals surface area contributed by atoms with E-state index in [0.717, 1.165) is 17.3 Å². The Morgan fingerprint density at radius 3 is 2.24 bits per heavy atom. The first-order valence-corrected chi connectivity index (χ1v) is 10.7. The van der Waals surface area contributed by atoms with Crippen LogP contribution in [-0.2, 0) is 11.2 Å². The Balaban J connectivity index is 1.91. The quantitative estimate of drug-likeness (QED) is 0.301. The maximum atomic E-state index is 13.7. The Hall–Kier alpha value is -4.04. The highest BCUT2D eigenvalue weighted by Gasteiger charge is 2.25. The summed E-state index contributed by atoms with van der Waals surface area (Å²) in [5, 5.41) is 10.2. The van der Waals surface area contributed by atoms with Gasteiger partial charge in [-0.2, -0.15) is 8.75 Å². The van der Waals surface area contributed by atoms with Gasteiger partial charge in [-0.15, -0.1) is 0 Å². The topological polar surface area (TPSA) is 98.6 Å². The molecule has 4 aromatic rings. The molecule has 0 spiro atoms. The number of Topliss-reactive ketones (excluding diaryl/α,β-unsaturated/α-hetero) is 1. The Labute approximate surface area is 194 Å². The molecule has 0 atom stereocenters. The SMILES string of the molecule is COc1ccc(C(=O)/C(Cc2ccccc2)=C(/C(=O)O)c2ccc3nsnc3c2)cc1OC. The number of benzene rings is 3. The number of allylic oxidation sites excluding steroid dienone is 1. The Bertz CT molecular complexity index is 1360. The minimum Gasteiger partial charge on any atom is -0.493 e. The molecule has 8 heteroatoms. The number of nitrogens with zero attached hydrogens (tertiary/aromatic N) is 2. The number of carbonyl (C=O) groups excluding carboxylic acids is 1. The minimum absolute atomic E-state index is 0.0754. The van der Waals surface area contributed by atoms with E-state index in [1.807, 2.05) is 30.3 Å². The molecule has 0 bridgehead atoms. The number of carbonyl (C=O) groups is 2. The lowest BCUT2D eigenvalue weighted by molar-refractivity contribution is -0.130. The third kappa shape index (κ3) is 4.61. The van der Waals surface area contributed by atoms with Crippen LogP contribution in [-0.4, -0.2) is 39.8 Å². The van der Waals surface area contributed by atoms with E-state index in [2.05, 4.69) is 8.75 Å². The van der Waals surface area contributed by atoms with Crippen molar-refractivity contribution in [1.29, 1.82) is 0 Å². The van der Waals surface area contributed by atoms with E-state index >= 15 is 0 Å². The van der Waals surface area contributed by atoms with Crippen molar-refractivity contribution >= 4 is 40.1 Å². The number of ketones is 1. The van der Waals surface area contributed by atoms with Gasteiger partial charge in [-0.1, -0.05) is 36.4 Å². The molecule has 0 saturated carbocycles. The molecular weight excluding hydrogens is 440 g/mol. The third-order valence-corrected chi connectivity index (χ3v) is 5.76. The number of hydrogen-bond acceptors (Lipinski definition) is 7. The van der Waals surface area contributed by atoms with E-state index in [-0.39, 0.29) is 17.6 Å². The Morgan fingerprint density at radius 2 is 1.55 bits per heavy atom. The van der Waals surface area contributed by atoms with Crippen molar-refractivity contribution in [3.05, 3.63) is 89.0 Å². The van der Waals surface area contributed by atoms with Crippen LogP contribution in [0.25, 0.3) is 16.6 Å². The molecule has 0 aliphatic rings. The van der Waals surface area contributed by atoms with Crippen LogP contribution in [0, 0.1) is 0 Å². The molecular formula is C25H20N2O5S. The fraction of sp³-hybridized carbons (Fsp3) is 0.120. The fourth-order valence-electron chi connectivity index (χ4n) is 3.60. The molecule has 0 amide bonds. The molecule has 7 nitrogen and oxygen atoms in total. The van der Waals surface area contributed by atoms with E-state index < -0.39 is 11.8 Å². The fourth-order valence-corrected chi connectivity index (χ4v) is 4.12. The Morgan fingerprint density at radius 1 is 0.848 bits per heavy atom. The first-order valence-electron chi connectivity index (χ1n) is 10.0. The number of rotatable bonds is 8. The van der Waals surface area contributed by atoms with Crippen LogP contribution in [0.2, 0.25) is 0 Å². The van der Waals surface area contributed by atoms with Crippen molar-refractivity contribution < 1.29 is 24.2 Å². The number of carboxylic acid groups (broad SMARTS) is 1. The summed E-state index contributed by atoms with van der Waals surface area (Å²) < 4.78 is 19.0. The highest BCUT2D eigenvalue weighted by atomic mass is 32.1. The van der Waals surface area contributed by atoms with Crippen LogP contribution in [0.1, 0.15) is 21.5 Å². The second-order valence-corrected chi connectivity index (χ2v) is 7.72. The van der Waals surface area contributed by atoms with E-state index in [1.165, 1.54) is 14.2 Å². The maximum absolute atomic E-state index is 13.7. The van der Waals surface area contributed by atoms with Gasteiger partial charge >= 0.3 is 5.97 Å². The molecule has 3 aromatic carbocycles. The highest BCUT2D eigenvalue weighted by molar-refractivity contribution is 7.00. The number of fused-ring (bicyclic) bond motifs is 1. The van der Waals surface area contributed by atoms with E-state index in [0.29, 0.717) is 33.7 Å². The van der Waals surface area contributed by atoms with Crippen molar-refractivity contribution in [2.24, 2.45) is 0 Å². The van der Waals surface area contributed by atoms with Crippen molar-refractivity contribution in [3.63, 3.8) is 0 Å². The van der Waals surface area contributed by atoms with Crippen molar-refractivity contribution in [3.8, 4) is 11.5 Å². The molecule has 0 unspecified atom stereocenters. The normalized spacial score (nSPS) is 11.7. The van der Waals surface area contributed by atoms with Gasteiger partial charge in [0, 0.05) is 17.6 Å². The first-order chi connectivity index (χ1) is 16.0. The summed E-state index contributed by atoms with van der Waals surface area (Å²) in [6.45, 7) is 0. The second kappa shape index (κ2) is 9.62. The standard InChI is InChI=1S/C25H20N2O5S/c1-31-21-11-9-17(14-22(21)32-2)24(28)18(12-15-6-4-3-5-7-15)23(25(29)30)16-8-10-19-20(13-16)27-33-26-19/h3-11,13-14H,12H2,1-2H3,(H,29,30)/b23-18+. The summed E-state index contributed by atoms with van der Waals surface area (Å²) in [6, 6.07) is 19.1. The van der Waals surface area contributed by atoms with Gasteiger partial charge in [0.1, 0.15) is 11.0 Å². The smallest absolute Gasteiger partial charge is 0.336 e. The van der Waals surface area contributed by atoms with Gasteiger partial charge < -0.3 is 14.6 Å². The van der Waals surface area contributed by atoms with Crippen molar-refractivity contribution in [1.82, 2.24) is 8.75 Å².